The highest BCUT2D eigenvalue weighted by molar-refractivity contribution is 8.00. The zero-order chi connectivity index (χ0) is 18.7. The predicted octanol–water partition coefficient (Wildman–Crippen LogP) is 5.17. The molecule has 1 aromatic carbocycles. The van der Waals surface area contributed by atoms with E-state index in [2.05, 4.69) is 47.0 Å². The highest BCUT2D eigenvalue weighted by Gasteiger charge is 2.14. The van der Waals surface area contributed by atoms with Crippen LogP contribution in [0.5, 0.6) is 11.5 Å². The highest BCUT2D eigenvalue weighted by atomic mass is 32.2. The Balaban J connectivity index is 2.16. The minimum absolute atomic E-state index is 0.454. The largest absolute Gasteiger partial charge is 0.497 e. The molecule has 138 valence electrons. The van der Waals surface area contributed by atoms with Crippen molar-refractivity contribution < 1.29 is 9.47 Å². The SMILES string of the molecule is CCOc1cc2ncc(-c3cc(NS)cc(OC)c3)n2cc1SC(C)C. The number of hydrogen-bond donors (Lipinski definition) is 2. The average molecular weight is 390 g/mol. The third-order valence-corrected chi connectivity index (χ3v) is 5.09. The number of nitrogens with zero attached hydrogens (tertiary/aromatic N) is 2. The molecule has 0 amide bonds. The Bertz CT molecular complexity index is 887. The summed E-state index contributed by atoms with van der Waals surface area (Å²) in [5, 5.41) is 0.454. The van der Waals surface area contributed by atoms with Gasteiger partial charge in [-0.1, -0.05) is 26.7 Å². The first-order valence-corrected chi connectivity index (χ1v) is 9.78. The number of nitrogens with one attached hydrogen (secondary N) is 1. The molecule has 7 heteroatoms. The summed E-state index contributed by atoms with van der Waals surface area (Å²) in [5.41, 5.74) is 3.69. The van der Waals surface area contributed by atoms with Gasteiger partial charge in [-0.05, 0) is 19.1 Å². The Morgan fingerprint density at radius 3 is 2.73 bits per heavy atom. The number of thioether (sulfide) groups is 1. The van der Waals surface area contributed by atoms with Crippen LogP contribution in [0.4, 0.5) is 5.69 Å². The Labute approximate surface area is 163 Å². The van der Waals surface area contributed by atoms with E-state index < -0.39 is 0 Å². The van der Waals surface area contributed by atoms with E-state index in [9.17, 15) is 0 Å². The summed E-state index contributed by atoms with van der Waals surface area (Å²) in [6, 6.07) is 7.90. The van der Waals surface area contributed by atoms with E-state index in [1.165, 1.54) is 0 Å². The summed E-state index contributed by atoms with van der Waals surface area (Å²) in [4.78, 5) is 5.66. The zero-order valence-corrected chi connectivity index (χ0v) is 17.0. The Morgan fingerprint density at radius 1 is 1.27 bits per heavy atom. The molecule has 0 radical (unpaired) electrons. The van der Waals surface area contributed by atoms with Crippen LogP contribution in [0.15, 0.2) is 41.6 Å². The van der Waals surface area contributed by atoms with Gasteiger partial charge in [0, 0.05) is 34.8 Å². The molecule has 2 aromatic heterocycles. The molecule has 3 rings (SSSR count). The van der Waals surface area contributed by atoms with E-state index >= 15 is 0 Å². The molecular weight excluding hydrogens is 366 g/mol. The second kappa shape index (κ2) is 8.14. The summed E-state index contributed by atoms with van der Waals surface area (Å²) in [7, 11) is 1.65. The van der Waals surface area contributed by atoms with Gasteiger partial charge in [-0.3, -0.25) is 4.40 Å². The molecule has 2 heterocycles. The van der Waals surface area contributed by atoms with E-state index in [0.29, 0.717) is 11.9 Å². The van der Waals surface area contributed by atoms with Crippen molar-refractivity contribution in [1.29, 1.82) is 0 Å². The fourth-order valence-corrected chi connectivity index (χ4v) is 3.78. The van der Waals surface area contributed by atoms with Gasteiger partial charge < -0.3 is 14.2 Å². The lowest BCUT2D eigenvalue weighted by molar-refractivity contribution is 0.332. The van der Waals surface area contributed by atoms with Crippen molar-refractivity contribution >= 4 is 35.9 Å². The van der Waals surface area contributed by atoms with Crippen LogP contribution in [-0.4, -0.2) is 28.4 Å². The normalized spacial score (nSPS) is 11.2. The first-order valence-electron chi connectivity index (χ1n) is 8.45. The van der Waals surface area contributed by atoms with Gasteiger partial charge in [0.1, 0.15) is 17.1 Å². The number of fused-ring (bicyclic) bond motifs is 1. The minimum atomic E-state index is 0.454. The van der Waals surface area contributed by atoms with E-state index in [0.717, 1.165) is 39.0 Å². The standard InChI is InChI=1S/C19H23N3O2S2/c1-5-24-17-9-19-20-10-16(22(19)11-18(17)26-12(2)3)13-6-14(21-25)8-15(7-13)23-4/h6-12,21,25H,5H2,1-4H3. The maximum Gasteiger partial charge on any atom is 0.140 e. The van der Waals surface area contributed by atoms with Crippen LogP contribution < -0.4 is 14.2 Å². The van der Waals surface area contributed by atoms with Crippen LogP contribution in [0.2, 0.25) is 0 Å². The molecule has 5 nitrogen and oxygen atoms in total. The van der Waals surface area contributed by atoms with E-state index in [1.54, 1.807) is 18.9 Å². The second-order valence-corrected chi connectivity index (χ2v) is 7.88. The molecule has 0 aliphatic heterocycles. The lowest BCUT2D eigenvalue weighted by atomic mass is 10.1. The monoisotopic (exact) mass is 389 g/mol. The van der Waals surface area contributed by atoms with Crippen LogP contribution in [-0.2, 0) is 0 Å². The number of aromatic nitrogens is 2. The van der Waals surface area contributed by atoms with Gasteiger partial charge >= 0.3 is 0 Å². The van der Waals surface area contributed by atoms with Gasteiger partial charge in [0.05, 0.1) is 30.5 Å². The molecule has 0 bridgehead atoms. The van der Waals surface area contributed by atoms with Crippen molar-refractivity contribution in [3.63, 3.8) is 0 Å². The molecule has 0 aliphatic carbocycles. The summed E-state index contributed by atoms with van der Waals surface area (Å²) < 4.78 is 16.2. The number of anilines is 1. The number of rotatable bonds is 7. The fourth-order valence-electron chi connectivity index (χ4n) is 2.74. The Morgan fingerprint density at radius 2 is 2.08 bits per heavy atom. The van der Waals surface area contributed by atoms with Gasteiger partial charge in [0.25, 0.3) is 0 Å². The van der Waals surface area contributed by atoms with Crippen LogP contribution in [0.1, 0.15) is 20.8 Å². The molecule has 0 spiro atoms. The summed E-state index contributed by atoms with van der Waals surface area (Å²) in [6.07, 6.45) is 3.96. The second-order valence-electron chi connectivity index (χ2n) is 6.04. The first kappa shape index (κ1) is 18.8. The summed E-state index contributed by atoms with van der Waals surface area (Å²) in [6.45, 7) is 6.97. The summed E-state index contributed by atoms with van der Waals surface area (Å²) >= 11 is 5.94. The number of pyridine rings is 1. The maximum atomic E-state index is 5.82. The van der Waals surface area contributed by atoms with Crippen molar-refractivity contribution in [2.45, 2.75) is 30.9 Å². The number of hydrogen-bond acceptors (Lipinski definition) is 6. The Hall–Kier alpha value is -1.99. The van der Waals surface area contributed by atoms with Crippen molar-refractivity contribution in [3.8, 4) is 22.8 Å². The Kier molecular flexibility index (Phi) is 5.88. The molecule has 0 atom stereocenters. The van der Waals surface area contributed by atoms with Crippen LogP contribution in [0.3, 0.4) is 0 Å². The summed E-state index contributed by atoms with van der Waals surface area (Å²) in [5.74, 6) is 1.64. The molecule has 0 saturated heterocycles. The topological polar surface area (TPSA) is 47.8 Å². The highest BCUT2D eigenvalue weighted by Crippen LogP contribution is 2.36. The minimum Gasteiger partial charge on any atom is -0.497 e. The van der Waals surface area contributed by atoms with Crippen LogP contribution >= 0.6 is 24.6 Å². The lowest BCUT2D eigenvalue weighted by Gasteiger charge is -2.14. The van der Waals surface area contributed by atoms with Gasteiger partial charge in [-0.25, -0.2) is 4.98 Å². The zero-order valence-electron chi connectivity index (χ0n) is 15.3. The number of ether oxygens (including phenoxy) is 2. The van der Waals surface area contributed by atoms with Gasteiger partial charge in [0.2, 0.25) is 0 Å². The third-order valence-electron chi connectivity index (χ3n) is 3.80. The number of methoxy groups -OCH3 is 1. The number of imidazole rings is 1. The van der Waals surface area contributed by atoms with Gasteiger partial charge in [0.15, 0.2) is 0 Å². The average Bonchev–Trinajstić information content (AvgIpc) is 3.04. The van der Waals surface area contributed by atoms with Gasteiger partial charge in [-0.15, -0.1) is 11.8 Å². The molecule has 0 aliphatic rings. The number of benzene rings is 1. The van der Waals surface area contributed by atoms with Crippen molar-refractivity contribution in [2.24, 2.45) is 0 Å². The third kappa shape index (κ3) is 3.88. The predicted molar refractivity (Wildman–Crippen MR) is 112 cm³/mol. The first-order chi connectivity index (χ1) is 12.5. The van der Waals surface area contributed by atoms with Crippen LogP contribution in [0.25, 0.3) is 16.9 Å². The van der Waals surface area contributed by atoms with E-state index in [4.69, 9.17) is 9.47 Å². The lowest BCUT2D eigenvalue weighted by Crippen LogP contribution is -1.99. The van der Waals surface area contributed by atoms with Crippen LogP contribution in [0, 0.1) is 0 Å². The molecule has 0 saturated carbocycles. The quantitative estimate of drug-likeness (QED) is 0.431. The number of thiol groups is 1. The molecular formula is C19H23N3O2S2. The van der Waals surface area contributed by atoms with E-state index in [-0.39, 0.29) is 0 Å². The maximum absolute atomic E-state index is 5.82. The molecule has 0 unspecified atom stereocenters. The molecule has 0 fully saturated rings. The smallest absolute Gasteiger partial charge is 0.140 e. The van der Waals surface area contributed by atoms with Crippen molar-refractivity contribution in [3.05, 3.63) is 36.7 Å². The molecule has 1 N–H and O–H groups in total. The van der Waals surface area contributed by atoms with Crippen molar-refractivity contribution in [1.82, 2.24) is 9.38 Å². The van der Waals surface area contributed by atoms with Gasteiger partial charge in [-0.2, -0.15) is 0 Å². The van der Waals surface area contributed by atoms with E-state index in [1.807, 2.05) is 37.4 Å². The molecule has 3 aromatic rings. The molecule has 26 heavy (non-hydrogen) atoms. The van der Waals surface area contributed by atoms with Crippen molar-refractivity contribution in [2.75, 3.05) is 18.4 Å². The fraction of sp³-hybridized carbons (Fsp3) is 0.316.